The van der Waals surface area contributed by atoms with Crippen LogP contribution >= 0.6 is 0 Å². The van der Waals surface area contributed by atoms with Crippen LogP contribution in [0.5, 0.6) is 5.75 Å². The Balaban J connectivity index is 0.925. The number of anilines is 2. The first-order chi connectivity index (χ1) is 23.8. The molecule has 2 saturated heterocycles. The van der Waals surface area contributed by atoms with E-state index in [0.717, 1.165) is 43.6 Å². The number of ether oxygens (including phenoxy) is 3. The number of rotatable bonds is 11. The highest BCUT2D eigenvalue weighted by Gasteiger charge is 2.45. The van der Waals surface area contributed by atoms with Crippen molar-refractivity contribution in [2.45, 2.75) is 31.4 Å². The topological polar surface area (TPSA) is 125 Å². The summed E-state index contributed by atoms with van der Waals surface area (Å²) in [5, 5.41) is 17.6. The van der Waals surface area contributed by atoms with Gasteiger partial charge >= 0.3 is 5.69 Å². The first-order valence-electron chi connectivity index (χ1n) is 16.0. The molecule has 13 nitrogen and oxygen atoms in total. The maximum absolute atomic E-state index is 14.9. The van der Waals surface area contributed by atoms with E-state index in [1.807, 2.05) is 48.5 Å². The summed E-state index contributed by atoms with van der Waals surface area (Å²) in [6.07, 6.45) is 3.56. The molecule has 2 aromatic heterocycles. The summed E-state index contributed by atoms with van der Waals surface area (Å²) < 4.78 is 50.9. The maximum Gasteiger partial charge on any atom is 0.350 e. The largest absolute Gasteiger partial charge is 0.488 e. The van der Waals surface area contributed by atoms with E-state index in [-0.39, 0.29) is 37.6 Å². The Kier molecular flexibility index (Phi) is 9.12. The highest BCUT2D eigenvalue weighted by molar-refractivity contribution is 5.54. The van der Waals surface area contributed by atoms with Crippen LogP contribution in [0.2, 0.25) is 0 Å². The van der Waals surface area contributed by atoms with Crippen LogP contribution < -0.4 is 20.2 Å². The first kappa shape index (κ1) is 32.4. The average Bonchev–Trinajstić information content (AvgIpc) is 3.88. The molecule has 0 aliphatic carbocycles. The van der Waals surface area contributed by atoms with Crippen molar-refractivity contribution in [3.8, 4) is 11.4 Å². The van der Waals surface area contributed by atoms with Crippen LogP contribution in [0.25, 0.3) is 5.69 Å². The fourth-order valence-corrected chi connectivity index (χ4v) is 6.21. The highest BCUT2D eigenvalue weighted by atomic mass is 19.1. The Bertz CT molecular complexity index is 1910. The van der Waals surface area contributed by atoms with Crippen molar-refractivity contribution >= 4 is 11.4 Å². The molecular formula is C34H36F2N8O5. The van der Waals surface area contributed by atoms with E-state index in [9.17, 15) is 18.7 Å². The number of aliphatic hydroxyl groups is 1. The van der Waals surface area contributed by atoms with Gasteiger partial charge < -0.3 is 29.1 Å². The summed E-state index contributed by atoms with van der Waals surface area (Å²) in [4.78, 5) is 21.2. The third kappa shape index (κ3) is 6.77. The second-order valence-corrected chi connectivity index (χ2v) is 12.1. The number of aliphatic hydroxyl groups excluding tert-OH is 1. The molecule has 2 aliphatic rings. The first-order valence-corrected chi connectivity index (χ1v) is 16.0. The predicted octanol–water partition coefficient (Wildman–Crippen LogP) is 3.13. The molecule has 3 atom stereocenters. The molecule has 0 amide bonds. The fraction of sp³-hybridized carbons (Fsp3) is 0.353. The average molecular weight is 675 g/mol. The molecule has 256 valence electrons. The lowest BCUT2D eigenvalue weighted by atomic mass is 9.94. The van der Waals surface area contributed by atoms with Crippen molar-refractivity contribution in [1.82, 2.24) is 29.1 Å². The van der Waals surface area contributed by atoms with E-state index in [0.29, 0.717) is 11.4 Å². The molecule has 1 N–H and O–H groups in total. The quantitative estimate of drug-likeness (QED) is 0.224. The maximum atomic E-state index is 14.9. The molecular weight excluding hydrogens is 638 g/mol. The molecule has 0 bridgehead atoms. The minimum Gasteiger partial charge on any atom is -0.488 e. The predicted molar refractivity (Wildman–Crippen MR) is 175 cm³/mol. The number of hydrogen-bond donors (Lipinski definition) is 1. The third-order valence-corrected chi connectivity index (χ3v) is 8.90. The van der Waals surface area contributed by atoms with Gasteiger partial charge in [0.1, 0.15) is 48.6 Å². The molecule has 4 heterocycles. The van der Waals surface area contributed by atoms with Gasteiger partial charge in [-0.3, -0.25) is 0 Å². The van der Waals surface area contributed by atoms with Crippen molar-refractivity contribution in [3.63, 3.8) is 0 Å². The summed E-state index contributed by atoms with van der Waals surface area (Å²) in [7, 11) is 0. The van der Waals surface area contributed by atoms with Crippen LogP contribution in [0.15, 0.2) is 90.5 Å². The number of benzene rings is 3. The van der Waals surface area contributed by atoms with E-state index in [4.69, 9.17) is 14.2 Å². The molecule has 0 radical (unpaired) electrons. The van der Waals surface area contributed by atoms with Crippen LogP contribution in [0.4, 0.5) is 20.2 Å². The van der Waals surface area contributed by atoms with Crippen molar-refractivity contribution < 1.29 is 28.1 Å². The van der Waals surface area contributed by atoms with Crippen molar-refractivity contribution in [2.24, 2.45) is 0 Å². The molecule has 5 aromatic rings. The van der Waals surface area contributed by atoms with Crippen LogP contribution in [0.3, 0.4) is 0 Å². The van der Waals surface area contributed by atoms with Gasteiger partial charge in [-0.15, -0.1) is 0 Å². The number of aromatic nitrogens is 6. The molecule has 3 aromatic carbocycles. The third-order valence-electron chi connectivity index (χ3n) is 8.90. The van der Waals surface area contributed by atoms with Crippen molar-refractivity contribution in [3.05, 3.63) is 113 Å². The standard InChI is InChI=1S/C34H36F2N8O5/c1-24(17-45)44-33(46)43(23-39-44)28-5-3-26(4-6-28)40-12-14-41(15-13-40)27-7-9-29(10-8-27)47-18-32-48-20-34(49-32,19-42-22-37-21-38-42)30-11-2-25(35)16-31(30)36/h2-11,16,21-24,32,45H,12-15,17-20H2,1H3/t24?,32-,34+/m1/s1. The van der Waals surface area contributed by atoms with Gasteiger partial charge in [-0.2, -0.15) is 10.2 Å². The van der Waals surface area contributed by atoms with Crippen molar-refractivity contribution in [2.75, 3.05) is 55.8 Å². The van der Waals surface area contributed by atoms with Crippen LogP contribution in [-0.2, 0) is 21.6 Å². The number of halogens is 2. The summed E-state index contributed by atoms with van der Waals surface area (Å²) in [5.74, 6) is -0.776. The van der Waals surface area contributed by atoms with Crippen LogP contribution in [0.1, 0.15) is 18.5 Å². The normalized spacial score (nSPS) is 20.1. The van der Waals surface area contributed by atoms with Crippen LogP contribution in [0, 0.1) is 11.6 Å². The Hall–Kier alpha value is -5.12. The van der Waals surface area contributed by atoms with Gasteiger partial charge in [0.05, 0.1) is 31.5 Å². The number of hydrogen-bond acceptors (Lipinski definition) is 10. The summed E-state index contributed by atoms with van der Waals surface area (Å²) >= 11 is 0. The monoisotopic (exact) mass is 674 g/mol. The number of piperazine rings is 1. The van der Waals surface area contributed by atoms with Gasteiger partial charge in [0.25, 0.3) is 0 Å². The zero-order valence-corrected chi connectivity index (χ0v) is 26.8. The summed E-state index contributed by atoms with van der Waals surface area (Å²) in [6, 6.07) is 18.6. The van der Waals surface area contributed by atoms with E-state index in [1.165, 1.54) is 45.0 Å². The molecule has 7 rings (SSSR count). The van der Waals surface area contributed by atoms with Crippen LogP contribution in [-0.4, -0.2) is 86.5 Å². The lowest BCUT2D eigenvalue weighted by Gasteiger charge is -2.37. The SMILES string of the molecule is CC(CO)n1ncn(-c2ccc(N3CCN(c4ccc(OC[C@@H]5OC[C@@](Cn6cncn6)(c6ccc(F)cc6F)O5)cc4)CC3)cc2)c1=O. The van der Waals surface area contributed by atoms with Gasteiger partial charge in [-0.1, -0.05) is 6.07 Å². The minimum atomic E-state index is -1.24. The Labute approximate surface area is 280 Å². The van der Waals surface area contributed by atoms with Crippen molar-refractivity contribution in [1.29, 1.82) is 0 Å². The Morgan fingerprint density at radius 2 is 1.61 bits per heavy atom. The smallest absolute Gasteiger partial charge is 0.350 e. The Morgan fingerprint density at radius 1 is 0.939 bits per heavy atom. The highest BCUT2D eigenvalue weighted by Crippen LogP contribution is 2.37. The van der Waals surface area contributed by atoms with Gasteiger partial charge in [0, 0.05) is 49.2 Å². The molecule has 1 unspecified atom stereocenters. The van der Waals surface area contributed by atoms with Gasteiger partial charge in [0.2, 0.25) is 0 Å². The van der Waals surface area contributed by atoms with E-state index in [2.05, 4.69) is 25.0 Å². The molecule has 0 spiro atoms. The molecule has 49 heavy (non-hydrogen) atoms. The minimum absolute atomic E-state index is 0.0228. The van der Waals surface area contributed by atoms with Gasteiger partial charge in [-0.25, -0.2) is 32.5 Å². The van der Waals surface area contributed by atoms with E-state index < -0.39 is 29.6 Å². The lowest BCUT2D eigenvalue weighted by Crippen LogP contribution is -2.46. The lowest BCUT2D eigenvalue weighted by molar-refractivity contribution is -0.117. The zero-order chi connectivity index (χ0) is 34.0. The molecule has 15 heteroatoms. The summed E-state index contributed by atoms with van der Waals surface area (Å²) in [5.41, 5.74) is 1.49. The number of nitrogens with zero attached hydrogens (tertiary/aromatic N) is 8. The second kappa shape index (κ2) is 13.8. The zero-order valence-electron chi connectivity index (χ0n) is 26.8. The molecule has 2 fully saturated rings. The summed E-state index contributed by atoms with van der Waals surface area (Å²) in [6.45, 7) is 5.09. The molecule has 2 aliphatic heterocycles. The van der Waals surface area contributed by atoms with E-state index >= 15 is 0 Å². The molecule has 0 saturated carbocycles. The fourth-order valence-electron chi connectivity index (χ4n) is 6.21. The second-order valence-electron chi connectivity index (χ2n) is 12.1. The van der Waals surface area contributed by atoms with E-state index in [1.54, 1.807) is 6.92 Å². The van der Waals surface area contributed by atoms with Gasteiger partial charge in [0.15, 0.2) is 6.29 Å². The van der Waals surface area contributed by atoms with Gasteiger partial charge in [-0.05, 0) is 61.5 Å². The Morgan fingerprint density at radius 3 is 2.24 bits per heavy atom.